The van der Waals surface area contributed by atoms with E-state index in [0.717, 1.165) is 18.5 Å². The van der Waals surface area contributed by atoms with Crippen molar-refractivity contribution < 1.29 is 4.79 Å². The van der Waals surface area contributed by atoms with Crippen molar-refractivity contribution >= 4 is 17.9 Å². The number of anilines is 1. The fraction of sp³-hybridized carbons (Fsp3) is 0.500. The summed E-state index contributed by atoms with van der Waals surface area (Å²) in [4.78, 5) is 21.8. The SMILES string of the molecule is Nc1ncc(C=CC(=O)NCCCN2CCCC2)cn1. The molecule has 0 bridgehead atoms. The number of carbonyl (C=O) groups is 1. The zero-order chi connectivity index (χ0) is 14.2. The van der Waals surface area contributed by atoms with Gasteiger partial charge in [0, 0.05) is 30.6 Å². The standard InChI is InChI=1S/C14H21N5O/c15-14-17-10-12(11-18-14)4-5-13(20)16-6-3-9-19-7-1-2-8-19/h4-5,10-11H,1-3,6-9H2,(H,16,20)(H2,15,17,18). The maximum absolute atomic E-state index is 11.6. The summed E-state index contributed by atoms with van der Waals surface area (Å²) in [5.74, 6) is 0.136. The lowest BCUT2D eigenvalue weighted by Gasteiger charge is -2.13. The molecule has 1 aromatic heterocycles. The van der Waals surface area contributed by atoms with Crippen molar-refractivity contribution in [2.45, 2.75) is 19.3 Å². The van der Waals surface area contributed by atoms with Crippen LogP contribution in [0.4, 0.5) is 5.95 Å². The van der Waals surface area contributed by atoms with Gasteiger partial charge < -0.3 is 16.0 Å². The first-order valence-electron chi connectivity index (χ1n) is 7.00. The van der Waals surface area contributed by atoms with E-state index < -0.39 is 0 Å². The third-order valence-corrected chi connectivity index (χ3v) is 3.27. The molecule has 2 heterocycles. The Morgan fingerprint density at radius 2 is 2.05 bits per heavy atom. The van der Waals surface area contributed by atoms with Crippen LogP contribution in [0.25, 0.3) is 6.08 Å². The van der Waals surface area contributed by atoms with Gasteiger partial charge in [0.15, 0.2) is 0 Å². The first kappa shape index (κ1) is 14.5. The molecule has 6 nitrogen and oxygen atoms in total. The maximum atomic E-state index is 11.6. The lowest BCUT2D eigenvalue weighted by atomic mass is 10.3. The van der Waals surface area contributed by atoms with Gasteiger partial charge in [0.1, 0.15) is 0 Å². The highest BCUT2D eigenvalue weighted by Crippen LogP contribution is 2.06. The molecule has 1 fully saturated rings. The van der Waals surface area contributed by atoms with E-state index in [1.807, 2.05) is 0 Å². The Balaban J connectivity index is 1.63. The van der Waals surface area contributed by atoms with Gasteiger partial charge in [-0.3, -0.25) is 4.79 Å². The van der Waals surface area contributed by atoms with Crippen LogP contribution in [0.2, 0.25) is 0 Å². The molecule has 0 saturated carbocycles. The normalized spacial score (nSPS) is 15.8. The first-order chi connectivity index (χ1) is 9.74. The minimum Gasteiger partial charge on any atom is -0.368 e. The van der Waals surface area contributed by atoms with Crippen LogP contribution >= 0.6 is 0 Å². The van der Waals surface area contributed by atoms with Crippen molar-refractivity contribution in [3.05, 3.63) is 24.0 Å². The molecule has 20 heavy (non-hydrogen) atoms. The number of amides is 1. The van der Waals surface area contributed by atoms with Crippen molar-refractivity contribution in [2.75, 3.05) is 31.9 Å². The number of rotatable bonds is 6. The number of nitrogen functional groups attached to an aromatic ring is 1. The van der Waals surface area contributed by atoms with Crippen molar-refractivity contribution in [1.82, 2.24) is 20.2 Å². The molecule has 2 rings (SSSR count). The van der Waals surface area contributed by atoms with Crippen molar-refractivity contribution in [2.24, 2.45) is 0 Å². The Morgan fingerprint density at radius 1 is 1.35 bits per heavy atom. The molecule has 1 amide bonds. The van der Waals surface area contributed by atoms with Crippen LogP contribution in [0, 0.1) is 0 Å². The largest absolute Gasteiger partial charge is 0.368 e. The zero-order valence-electron chi connectivity index (χ0n) is 11.6. The second kappa shape index (κ2) is 7.59. The van der Waals surface area contributed by atoms with E-state index in [2.05, 4.69) is 20.2 Å². The summed E-state index contributed by atoms with van der Waals surface area (Å²) in [6.45, 7) is 4.17. The van der Waals surface area contributed by atoms with Crippen LogP contribution in [0.1, 0.15) is 24.8 Å². The average molecular weight is 275 g/mol. The van der Waals surface area contributed by atoms with Gasteiger partial charge in [0.25, 0.3) is 0 Å². The van der Waals surface area contributed by atoms with Crippen LogP contribution in [0.15, 0.2) is 18.5 Å². The molecule has 0 unspecified atom stereocenters. The zero-order valence-corrected chi connectivity index (χ0v) is 11.6. The van der Waals surface area contributed by atoms with Crippen LogP contribution in [-0.2, 0) is 4.79 Å². The van der Waals surface area contributed by atoms with Gasteiger partial charge in [-0.25, -0.2) is 9.97 Å². The molecule has 6 heteroatoms. The average Bonchev–Trinajstić information content (AvgIpc) is 2.96. The van der Waals surface area contributed by atoms with E-state index in [4.69, 9.17) is 5.73 Å². The van der Waals surface area contributed by atoms with Gasteiger partial charge in [-0.15, -0.1) is 0 Å². The molecule has 1 saturated heterocycles. The molecule has 0 radical (unpaired) electrons. The fourth-order valence-corrected chi connectivity index (χ4v) is 2.19. The molecule has 1 aliphatic heterocycles. The molecule has 3 N–H and O–H groups in total. The fourth-order valence-electron chi connectivity index (χ4n) is 2.19. The van der Waals surface area contributed by atoms with Gasteiger partial charge in [-0.1, -0.05) is 0 Å². The predicted octanol–water partition coefficient (Wildman–Crippen LogP) is 0.674. The molecule has 1 aromatic rings. The second-order valence-corrected chi connectivity index (χ2v) is 4.90. The number of likely N-dealkylation sites (tertiary alicyclic amines) is 1. The monoisotopic (exact) mass is 275 g/mol. The number of hydrogen-bond acceptors (Lipinski definition) is 5. The maximum Gasteiger partial charge on any atom is 0.244 e. The number of carbonyl (C=O) groups excluding carboxylic acids is 1. The Hall–Kier alpha value is -1.95. The summed E-state index contributed by atoms with van der Waals surface area (Å²) in [6.07, 6.45) is 9.93. The minimum atomic E-state index is -0.0942. The van der Waals surface area contributed by atoms with E-state index >= 15 is 0 Å². The number of nitrogens with one attached hydrogen (secondary N) is 1. The van der Waals surface area contributed by atoms with Crippen molar-refractivity contribution in [3.8, 4) is 0 Å². The van der Waals surface area contributed by atoms with E-state index in [9.17, 15) is 4.79 Å². The summed E-state index contributed by atoms with van der Waals surface area (Å²) in [5, 5.41) is 2.87. The highest BCUT2D eigenvalue weighted by atomic mass is 16.1. The molecule has 1 aliphatic rings. The Labute approximate surface area is 119 Å². The molecule has 0 atom stereocenters. The molecular weight excluding hydrogens is 254 g/mol. The van der Waals surface area contributed by atoms with Crippen molar-refractivity contribution in [1.29, 1.82) is 0 Å². The van der Waals surface area contributed by atoms with Crippen LogP contribution < -0.4 is 11.1 Å². The molecule has 0 aliphatic carbocycles. The van der Waals surface area contributed by atoms with Gasteiger partial charge >= 0.3 is 0 Å². The van der Waals surface area contributed by atoms with Crippen LogP contribution in [-0.4, -0.2) is 47.0 Å². The highest BCUT2D eigenvalue weighted by molar-refractivity contribution is 5.91. The minimum absolute atomic E-state index is 0.0942. The number of hydrogen-bond donors (Lipinski definition) is 2. The summed E-state index contributed by atoms with van der Waals surface area (Å²) in [5.41, 5.74) is 6.14. The molecule has 0 aromatic carbocycles. The van der Waals surface area contributed by atoms with Crippen LogP contribution in [0.5, 0.6) is 0 Å². The number of aromatic nitrogens is 2. The smallest absolute Gasteiger partial charge is 0.244 e. The summed E-state index contributed by atoms with van der Waals surface area (Å²) in [7, 11) is 0. The van der Waals surface area contributed by atoms with E-state index in [1.165, 1.54) is 32.0 Å². The Kier molecular flexibility index (Phi) is 5.49. The second-order valence-electron chi connectivity index (χ2n) is 4.90. The van der Waals surface area contributed by atoms with Crippen molar-refractivity contribution in [3.63, 3.8) is 0 Å². The predicted molar refractivity (Wildman–Crippen MR) is 78.8 cm³/mol. The molecule has 0 spiro atoms. The third kappa shape index (κ3) is 4.97. The van der Waals surface area contributed by atoms with Crippen LogP contribution in [0.3, 0.4) is 0 Å². The van der Waals surface area contributed by atoms with E-state index in [0.29, 0.717) is 6.54 Å². The molecule has 108 valence electrons. The summed E-state index contributed by atoms with van der Waals surface area (Å²) < 4.78 is 0. The van der Waals surface area contributed by atoms with Gasteiger partial charge in [0.05, 0.1) is 0 Å². The Morgan fingerprint density at radius 3 is 2.75 bits per heavy atom. The quantitative estimate of drug-likeness (QED) is 0.589. The number of nitrogens with zero attached hydrogens (tertiary/aromatic N) is 3. The summed E-state index contributed by atoms with van der Waals surface area (Å²) >= 11 is 0. The third-order valence-electron chi connectivity index (χ3n) is 3.27. The van der Waals surface area contributed by atoms with Gasteiger partial charge in [-0.2, -0.15) is 0 Å². The lowest BCUT2D eigenvalue weighted by molar-refractivity contribution is -0.116. The number of nitrogens with two attached hydrogens (primary N) is 1. The first-order valence-corrected chi connectivity index (χ1v) is 7.00. The lowest BCUT2D eigenvalue weighted by Crippen LogP contribution is -2.27. The topological polar surface area (TPSA) is 84.1 Å². The highest BCUT2D eigenvalue weighted by Gasteiger charge is 2.10. The Bertz CT molecular complexity index is 451. The summed E-state index contributed by atoms with van der Waals surface area (Å²) in [6, 6.07) is 0. The van der Waals surface area contributed by atoms with E-state index in [1.54, 1.807) is 18.5 Å². The van der Waals surface area contributed by atoms with Gasteiger partial charge in [-0.05, 0) is 45.0 Å². The molecular formula is C14H21N5O. The van der Waals surface area contributed by atoms with Gasteiger partial charge in [0.2, 0.25) is 11.9 Å². The van der Waals surface area contributed by atoms with E-state index in [-0.39, 0.29) is 11.9 Å².